The maximum Gasteiger partial charge on any atom is 0.276 e. The van der Waals surface area contributed by atoms with Crippen molar-refractivity contribution in [2.45, 2.75) is 19.8 Å². The molecule has 3 aromatic rings. The number of likely N-dealkylation sites (tertiary alicyclic amines) is 1. The Bertz CT molecular complexity index is 963. The largest absolute Gasteiger partial charge is 0.337 e. The number of amides is 1. The molecule has 6 nitrogen and oxygen atoms in total. The molecule has 1 fully saturated rings. The first-order valence-electron chi connectivity index (χ1n) is 10.2. The molecule has 0 aliphatic carbocycles. The van der Waals surface area contributed by atoms with E-state index in [2.05, 4.69) is 39.9 Å². The van der Waals surface area contributed by atoms with Crippen molar-refractivity contribution in [2.24, 2.45) is 5.92 Å². The van der Waals surface area contributed by atoms with Crippen LogP contribution in [0.4, 0.5) is 0 Å². The van der Waals surface area contributed by atoms with Crippen LogP contribution in [0.15, 0.2) is 54.6 Å². The number of piperidine rings is 1. The number of hydrogen-bond donors (Lipinski definition) is 1. The van der Waals surface area contributed by atoms with Crippen LogP contribution in [-0.2, 0) is 0 Å². The normalized spacial score (nSPS) is 16.8. The van der Waals surface area contributed by atoms with Crippen LogP contribution < -0.4 is 5.32 Å². The third-order valence-corrected chi connectivity index (χ3v) is 5.62. The average molecular weight is 390 g/mol. The molecule has 2 aromatic carbocycles. The monoisotopic (exact) mass is 389 g/mol. The second-order valence-corrected chi connectivity index (χ2v) is 7.67. The van der Waals surface area contributed by atoms with E-state index in [0.29, 0.717) is 11.6 Å². The van der Waals surface area contributed by atoms with Crippen LogP contribution in [0, 0.1) is 12.8 Å². The van der Waals surface area contributed by atoms with Gasteiger partial charge in [-0.15, -0.1) is 5.10 Å². The summed E-state index contributed by atoms with van der Waals surface area (Å²) in [5, 5.41) is 11.7. The van der Waals surface area contributed by atoms with Gasteiger partial charge in [0, 0.05) is 13.1 Å². The molecule has 1 amide bonds. The van der Waals surface area contributed by atoms with Gasteiger partial charge < -0.3 is 10.2 Å². The Morgan fingerprint density at radius 2 is 1.83 bits per heavy atom. The molecule has 0 unspecified atom stereocenters. The fourth-order valence-electron chi connectivity index (χ4n) is 4.05. The topological polar surface area (TPSA) is 63.1 Å². The maximum atomic E-state index is 13.0. The van der Waals surface area contributed by atoms with Crippen molar-refractivity contribution in [1.82, 2.24) is 25.2 Å². The molecule has 2 heterocycles. The third-order valence-electron chi connectivity index (χ3n) is 5.62. The summed E-state index contributed by atoms with van der Waals surface area (Å²) in [4.78, 5) is 15.0. The lowest BCUT2D eigenvalue weighted by molar-refractivity contribution is 0.0667. The van der Waals surface area contributed by atoms with Crippen molar-refractivity contribution in [2.75, 3.05) is 26.7 Å². The zero-order chi connectivity index (χ0) is 20.2. The van der Waals surface area contributed by atoms with Crippen LogP contribution in [0.3, 0.4) is 0 Å². The van der Waals surface area contributed by atoms with E-state index in [1.165, 1.54) is 5.56 Å². The Morgan fingerprint density at radius 3 is 2.55 bits per heavy atom. The van der Waals surface area contributed by atoms with Crippen molar-refractivity contribution in [1.29, 1.82) is 0 Å². The molecule has 0 radical (unpaired) electrons. The molecule has 6 heteroatoms. The molecule has 29 heavy (non-hydrogen) atoms. The van der Waals surface area contributed by atoms with Gasteiger partial charge in [0.05, 0.1) is 11.4 Å². The van der Waals surface area contributed by atoms with Gasteiger partial charge in [0.2, 0.25) is 0 Å². The van der Waals surface area contributed by atoms with Gasteiger partial charge >= 0.3 is 0 Å². The summed E-state index contributed by atoms with van der Waals surface area (Å²) in [5.41, 5.74) is 4.44. The van der Waals surface area contributed by atoms with Gasteiger partial charge in [-0.2, -0.15) is 0 Å². The van der Waals surface area contributed by atoms with Gasteiger partial charge in [-0.3, -0.25) is 4.79 Å². The van der Waals surface area contributed by atoms with Crippen LogP contribution in [0.25, 0.3) is 16.8 Å². The number of carbonyl (C=O) groups excluding carboxylic acids is 1. The van der Waals surface area contributed by atoms with E-state index in [9.17, 15) is 4.79 Å². The second kappa shape index (κ2) is 8.57. The quantitative estimate of drug-likeness (QED) is 0.727. The van der Waals surface area contributed by atoms with E-state index in [1.54, 1.807) is 4.68 Å². The summed E-state index contributed by atoms with van der Waals surface area (Å²) in [6.07, 6.45) is 2.19. The van der Waals surface area contributed by atoms with Gasteiger partial charge in [-0.1, -0.05) is 47.7 Å². The van der Waals surface area contributed by atoms with Crippen molar-refractivity contribution in [3.8, 4) is 16.8 Å². The average Bonchev–Trinajstić information content (AvgIpc) is 3.15. The van der Waals surface area contributed by atoms with Crippen molar-refractivity contribution >= 4 is 5.91 Å². The predicted molar refractivity (Wildman–Crippen MR) is 114 cm³/mol. The van der Waals surface area contributed by atoms with E-state index in [-0.39, 0.29) is 5.91 Å². The zero-order valence-corrected chi connectivity index (χ0v) is 17.0. The highest BCUT2D eigenvalue weighted by Crippen LogP contribution is 2.23. The molecule has 1 aromatic heterocycles. The molecule has 4 rings (SSSR count). The van der Waals surface area contributed by atoms with Gasteiger partial charge in [-0.25, -0.2) is 4.68 Å². The Morgan fingerprint density at radius 1 is 1.10 bits per heavy atom. The molecular formula is C23H27N5O. The van der Waals surface area contributed by atoms with Gasteiger partial charge in [-0.05, 0) is 62.5 Å². The van der Waals surface area contributed by atoms with E-state index in [4.69, 9.17) is 0 Å². The van der Waals surface area contributed by atoms with Crippen molar-refractivity contribution in [3.63, 3.8) is 0 Å². The highest BCUT2D eigenvalue weighted by molar-refractivity contribution is 5.93. The summed E-state index contributed by atoms with van der Waals surface area (Å²) < 4.78 is 1.75. The van der Waals surface area contributed by atoms with Gasteiger partial charge in [0.15, 0.2) is 5.69 Å². The van der Waals surface area contributed by atoms with E-state index < -0.39 is 0 Å². The molecular weight excluding hydrogens is 362 g/mol. The first-order valence-corrected chi connectivity index (χ1v) is 10.2. The first kappa shape index (κ1) is 19.3. The summed E-state index contributed by atoms with van der Waals surface area (Å²) in [7, 11) is 1.96. The van der Waals surface area contributed by atoms with Crippen LogP contribution in [-0.4, -0.2) is 52.5 Å². The molecule has 0 bridgehead atoms. The summed E-state index contributed by atoms with van der Waals surface area (Å²) in [6.45, 7) is 4.41. The van der Waals surface area contributed by atoms with Crippen LogP contribution in [0.2, 0.25) is 0 Å². The Kier molecular flexibility index (Phi) is 5.71. The lowest BCUT2D eigenvalue weighted by Gasteiger charge is -2.32. The minimum absolute atomic E-state index is 0.0181. The predicted octanol–water partition coefficient (Wildman–Crippen LogP) is 3.31. The standard InChI is InChI=1S/C23H27N5O/c1-17-22(23(29)27-14-6-7-18(16-27)15-24-2)25-26-28(17)21-12-10-20(11-13-21)19-8-4-3-5-9-19/h3-5,8-13,18,24H,6-7,14-16H2,1-2H3/t18-/m1/s1. The smallest absolute Gasteiger partial charge is 0.276 e. The van der Waals surface area contributed by atoms with Crippen LogP contribution in [0.5, 0.6) is 0 Å². The zero-order valence-electron chi connectivity index (χ0n) is 17.0. The number of benzene rings is 2. The fraction of sp³-hybridized carbons (Fsp3) is 0.348. The number of aromatic nitrogens is 3. The number of hydrogen-bond acceptors (Lipinski definition) is 4. The van der Waals surface area contributed by atoms with Crippen LogP contribution >= 0.6 is 0 Å². The molecule has 1 atom stereocenters. The molecule has 1 aliphatic rings. The van der Waals surface area contributed by atoms with E-state index in [1.807, 2.05) is 49.2 Å². The van der Waals surface area contributed by atoms with E-state index >= 15 is 0 Å². The number of rotatable bonds is 5. The minimum Gasteiger partial charge on any atom is -0.337 e. The third kappa shape index (κ3) is 4.07. The number of nitrogens with one attached hydrogen (secondary N) is 1. The number of carbonyl (C=O) groups is 1. The lowest BCUT2D eigenvalue weighted by atomic mass is 9.97. The molecule has 0 spiro atoms. The van der Waals surface area contributed by atoms with Gasteiger partial charge in [0.1, 0.15) is 0 Å². The molecule has 1 aliphatic heterocycles. The molecule has 1 saturated heterocycles. The summed E-state index contributed by atoms with van der Waals surface area (Å²) >= 11 is 0. The lowest BCUT2D eigenvalue weighted by Crippen LogP contribution is -2.42. The van der Waals surface area contributed by atoms with Crippen molar-refractivity contribution in [3.05, 3.63) is 66.0 Å². The maximum absolute atomic E-state index is 13.0. The first-order chi connectivity index (χ1) is 14.2. The number of nitrogens with zero attached hydrogens (tertiary/aromatic N) is 4. The molecule has 1 N–H and O–H groups in total. The van der Waals surface area contributed by atoms with Crippen molar-refractivity contribution < 1.29 is 4.79 Å². The Balaban J connectivity index is 1.53. The Hall–Kier alpha value is -2.99. The Labute approximate surface area is 171 Å². The summed E-state index contributed by atoms with van der Waals surface area (Å²) in [6, 6.07) is 18.4. The SMILES string of the molecule is CNC[C@H]1CCCN(C(=O)c2nnn(-c3ccc(-c4ccccc4)cc3)c2C)C1. The molecule has 150 valence electrons. The highest BCUT2D eigenvalue weighted by Gasteiger charge is 2.27. The van der Waals surface area contributed by atoms with E-state index in [0.717, 1.165) is 49.4 Å². The minimum atomic E-state index is -0.0181. The van der Waals surface area contributed by atoms with Crippen LogP contribution in [0.1, 0.15) is 29.0 Å². The summed E-state index contributed by atoms with van der Waals surface area (Å²) in [5.74, 6) is 0.481. The molecule has 0 saturated carbocycles. The highest BCUT2D eigenvalue weighted by atomic mass is 16.2. The fourth-order valence-corrected chi connectivity index (χ4v) is 4.05. The second-order valence-electron chi connectivity index (χ2n) is 7.67. The van der Waals surface area contributed by atoms with Gasteiger partial charge in [0.25, 0.3) is 5.91 Å².